The summed E-state index contributed by atoms with van der Waals surface area (Å²) in [5.74, 6) is -0.144. The molecular weight excluding hydrogens is 222 g/mol. The first-order valence-corrected chi connectivity index (χ1v) is 6.29. The molecule has 16 heavy (non-hydrogen) atoms. The minimum Gasteiger partial charge on any atom is -0.480 e. The van der Waals surface area contributed by atoms with E-state index in [0.717, 1.165) is 5.56 Å². The van der Waals surface area contributed by atoms with Gasteiger partial charge < -0.3 is 10.8 Å². The molecule has 0 aliphatic rings. The van der Waals surface area contributed by atoms with Gasteiger partial charge in [-0.25, -0.2) is 0 Å². The number of carbonyl (C=O) groups is 1. The molecule has 0 radical (unpaired) electrons. The molecule has 3 N–H and O–H groups in total. The Morgan fingerprint density at radius 2 is 2.06 bits per heavy atom. The molecule has 0 aromatic heterocycles. The van der Waals surface area contributed by atoms with Crippen molar-refractivity contribution in [2.45, 2.75) is 18.1 Å². The topological polar surface area (TPSA) is 63.3 Å². The first-order chi connectivity index (χ1) is 7.67. The van der Waals surface area contributed by atoms with Crippen LogP contribution in [-0.2, 0) is 9.54 Å². The molecule has 1 atom stereocenters. The summed E-state index contributed by atoms with van der Waals surface area (Å²) in [5.41, 5.74) is 6.29. The van der Waals surface area contributed by atoms with Crippen LogP contribution in [0.15, 0.2) is 30.3 Å². The van der Waals surface area contributed by atoms with Crippen LogP contribution in [0.25, 0.3) is 0 Å². The molecule has 0 fully saturated rings. The number of thioether (sulfide) groups is 1. The molecule has 0 spiro atoms. The first-order valence-electron chi connectivity index (χ1n) is 5.30. The summed E-state index contributed by atoms with van der Waals surface area (Å²) in [4.78, 5) is 11.5. The molecule has 3 nitrogen and oxygen atoms in total. The SMILES string of the molecule is CCC(SCCN)(C(=O)O)c1ccccc1. The normalized spacial score (nSPS) is 14.4. The quantitative estimate of drug-likeness (QED) is 0.797. The van der Waals surface area contributed by atoms with E-state index in [1.807, 2.05) is 37.3 Å². The molecule has 0 aliphatic heterocycles. The second-order valence-corrected chi connectivity index (χ2v) is 4.88. The van der Waals surface area contributed by atoms with Gasteiger partial charge in [0.05, 0.1) is 0 Å². The van der Waals surface area contributed by atoms with Gasteiger partial charge in [0.2, 0.25) is 0 Å². The second-order valence-electron chi connectivity index (χ2n) is 3.49. The fourth-order valence-electron chi connectivity index (χ4n) is 1.67. The Balaban J connectivity index is 3.07. The Morgan fingerprint density at radius 3 is 2.50 bits per heavy atom. The number of nitrogens with two attached hydrogens (primary N) is 1. The fourth-order valence-corrected chi connectivity index (χ4v) is 2.76. The average Bonchev–Trinajstić information content (AvgIpc) is 2.31. The largest absolute Gasteiger partial charge is 0.480 e. The van der Waals surface area contributed by atoms with Gasteiger partial charge in [-0.2, -0.15) is 0 Å². The maximum absolute atomic E-state index is 11.5. The molecule has 88 valence electrons. The van der Waals surface area contributed by atoms with E-state index < -0.39 is 10.7 Å². The molecule has 0 heterocycles. The Bertz CT molecular complexity index is 342. The number of carboxylic acids is 1. The zero-order chi connectivity index (χ0) is 12.0. The van der Waals surface area contributed by atoms with Gasteiger partial charge in [0.1, 0.15) is 4.75 Å². The van der Waals surface area contributed by atoms with Gasteiger partial charge >= 0.3 is 5.97 Å². The number of hydrogen-bond donors (Lipinski definition) is 2. The lowest BCUT2D eigenvalue weighted by Crippen LogP contribution is -2.32. The lowest BCUT2D eigenvalue weighted by atomic mass is 9.95. The van der Waals surface area contributed by atoms with Crippen molar-refractivity contribution in [3.8, 4) is 0 Å². The second kappa shape index (κ2) is 5.92. The average molecular weight is 239 g/mol. The maximum Gasteiger partial charge on any atom is 0.324 e. The summed E-state index contributed by atoms with van der Waals surface area (Å²) in [5, 5.41) is 9.44. The standard InChI is InChI=1S/C12H17NO2S/c1-2-12(11(14)15,16-9-8-13)10-6-4-3-5-7-10/h3-7H,2,8-9,13H2,1H3,(H,14,15). The summed E-state index contributed by atoms with van der Waals surface area (Å²) < 4.78 is -0.860. The third-order valence-corrected chi connectivity index (χ3v) is 4.18. The first kappa shape index (κ1) is 13.1. The van der Waals surface area contributed by atoms with E-state index in [9.17, 15) is 9.90 Å². The van der Waals surface area contributed by atoms with Gasteiger partial charge in [-0.15, -0.1) is 11.8 Å². The number of rotatable bonds is 6. The predicted molar refractivity (Wildman–Crippen MR) is 67.6 cm³/mol. The Hall–Kier alpha value is -1.00. The summed E-state index contributed by atoms with van der Waals surface area (Å²) in [6.45, 7) is 2.39. The summed E-state index contributed by atoms with van der Waals surface area (Å²) in [7, 11) is 0. The zero-order valence-electron chi connectivity index (χ0n) is 9.35. The minimum atomic E-state index is -0.860. The monoisotopic (exact) mass is 239 g/mol. The van der Waals surface area contributed by atoms with E-state index in [2.05, 4.69) is 0 Å². The van der Waals surface area contributed by atoms with Gasteiger partial charge in [0.15, 0.2) is 0 Å². The zero-order valence-corrected chi connectivity index (χ0v) is 10.2. The van der Waals surface area contributed by atoms with Crippen LogP contribution in [0.3, 0.4) is 0 Å². The molecule has 0 saturated heterocycles. The van der Waals surface area contributed by atoms with E-state index in [-0.39, 0.29) is 0 Å². The number of aliphatic carboxylic acids is 1. The maximum atomic E-state index is 11.5. The molecule has 1 unspecified atom stereocenters. The Labute approximate surface area is 100 Å². The summed E-state index contributed by atoms with van der Waals surface area (Å²) in [6, 6.07) is 9.35. The smallest absolute Gasteiger partial charge is 0.324 e. The van der Waals surface area contributed by atoms with Crippen molar-refractivity contribution in [2.75, 3.05) is 12.3 Å². The highest BCUT2D eigenvalue weighted by Crippen LogP contribution is 2.39. The molecule has 4 heteroatoms. The van der Waals surface area contributed by atoms with Gasteiger partial charge in [-0.1, -0.05) is 37.3 Å². The van der Waals surface area contributed by atoms with Crippen LogP contribution in [0, 0.1) is 0 Å². The highest BCUT2D eigenvalue weighted by molar-refractivity contribution is 8.00. The molecule has 1 aromatic carbocycles. The van der Waals surface area contributed by atoms with Crippen LogP contribution < -0.4 is 5.73 Å². The van der Waals surface area contributed by atoms with Crippen molar-refractivity contribution in [2.24, 2.45) is 5.73 Å². The molecule has 0 aliphatic carbocycles. The Morgan fingerprint density at radius 1 is 1.44 bits per heavy atom. The molecular formula is C12H17NO2S. The highest BCUT2D eigenvalue weighted by Gasteiger charge is 2.38. The lowest BCUT2D eigenvalue weighted by molar-refractivity contribution is -0.140. The van der Waals surface area contributed by atoms with Crippen molar-refractivity contribution in [1.82, 2.24) is 0 Å². The summed E-state index contributed by atoms with van der Waals surface area (Å²) in [6.07, 6.45) is 0.553. The van der Waals surface area contributed by atoms with Crippen molar-refractivity contribution >= 4 is 17.7 Å². The van der Waals surface area contributed by atoms with Crippen LogP contribution in [0.1, 0.15) is 18.9 Å². The van der Waals surface area contributed by atoms with Crippen LogP contribution >= 0.6 is 11.8 Å². The van der Waals surface area contributed by atoms with Gasteiger partial charge in [-0.3, -0.25) is 4.79 Å². The molecule has 0 amide bonds. The fraction of sp³-hybridized carbons (Fsp3) is 0.417. The lowest BCUT2D eigenvalue weighted by Gasteiger charge is -2.28. The van der Waals surface area contributed by atoms with Gasteiger partial charge in [-0.05, 0) is 12.0 Å². The minimum absolute atomic E-state index is 0.493. The van der Waals surface area contributed by atoms with Crippen molar-refractivity contribution in [3.63, 3.8) is 0 Å². The third-order valence-electron chi connectivity index (χ3n) is 2.55. The van der Waals surface area contributed by atoms with Crippen LogP contribution in [0.4, 0.5) is 0 Å². The number of hydrogen-bond acceptors (Lipinski definition) is 3. The van der Waals surface area contributed by atoms with Crippen LogP contribution in [0.5, 0.6) is 0 Å². The number of benzene rings is 1. The summed E-state index contributed by atoms with van der Waals surface area (Å²) >= 11 is 1.41. The predicted octanol–water partition coefficient (Wildman–Crippen LogP) is 2.07. The Kier molecular flexibility index (Phi) is 4.83. The molecule has 0 bridgehead atoms. The van der Waals surface area contributed by atoms with E-state index >= 15 is 0 Å². The van der Waals surface area contributed by atoms with Crippen LogP contribution in [-0.4, -0.2) is 23.4 Å². The molecule has 1 aromatic rings. The van der Waals surface area contributed by atoms with E-state index in [1.165, 1.54) is 11.8 Å². The third kappa shape index (κ3) is 2.57. The molecule has 1 rings (SSSR count). The highest BCUT2D eigenvalue weighted by atomic mass is 32.2. The number of carboxylic acid groups (broad SMARTS) is 1. The van der Waals surface area contributed by atoms with E-state index in [0.29, 0.717) is 18.7 Å². The van der Waals surface area contributed by atoms with E-state index in [4.69, 9.17) is 5.73 Å². The van der Waals surface area contributed by atoms with E-state index in [1.54, 1.807) is 0 Å². The van der Waals surface area contributed by atoms with Crippen molar-refractivity contribution in [3.05, 3.63) is 35.9 Å². The van der Waals surface area contributed by atoms with Crippen molar-refractivity contribution < 1.29 is 9.90 Å². The van der Waals surface area contributed by atoms with Crippen LogP contribution in [0.2, 0.25) is 0 Å². The van der Waals surface area contributed by atoms with Gasteiger partial charge in [0.25, 0.3) is 0 Å². The van der Waals surface area contributed by atoms with Crippen molar-refractivity contribution in [1.29, 1.82) is 0 Å². The van der Waals surface area contributed by atoms with Gasteiger partial charge in [0, 0.05) is 12.3 Å². The molecule has 0 saturated carbocycles.